The van der Waals surface area contributed by atoms with Crippen LogP contribution in [0.25, 0.3) is 10.9 Å². The molecule has 0 amide bonds. The molecule has 0 atom stereocenters. The second-order valence-electron chi connectivity index (χ2n) is 3.69. The van der Waals surface area contributed by atoms with Crippen LogP contribution in [0.5, 0.6) is 5.75 Å². The largest absolute Gasteiger partial charge is 0.435 e. The molecule has 0 saturated heterocycles. The fourth-order valence-electron chi connectivity index (χ4n) is 1.69. The molecule has 0 fully saturated rings. The van der Waals surface area contributed by atoms with Crippen molar-refractivity contribution in [1.29, 1.82) is 0 Å². The van der Waals surface area contributed by atoms with Gasteiger partial charge in [-0.25, -0.2) is 0 Å². The molecule has 2 aromatic rings. The van der Waals surface area contributed by atoms with Crippen molar-refractivity contribution in [3.63, 3.8) is 0 Å². The number of methoxy groups -OCH3 is 1. The Hall–Kier alpha value is -1.95. The smallest absolute Gasteiger partial charge is 0.387 e. The molecule has 0 unspecified atom stereocenters. The van der Waals surface area contributed by atoms with E-state index in [1.807, 2.05) is 0 Å². The van der Waals surface area contributed by atoms with Crippen molar-refractivity contribution < 1.29 is 18.3 Å². The lowest BCUT2D eigenvalue weighted by molar-refractivity contribution is -0.0497. The van der Waals surface area contributed by atoms with E-state index in [0.717, 1.165) is 0 Å². The number of rotatable bonds is 4. The van der Waals surface area contributed by atoms with Crippen molar-refractivity contribution in [1.82, 2.24) is 4.98 Å². The number of alkyl halides is 2. The van der Waals surface area contributed by atoms with E-state index in [-0.39, 0.29) is 5.75 Å². The topological polar surface area (TPSA) is 57.4 Å². The maximum atomic E-state index is 12.1. The number of aromatic nitrogens is 1. The van der Waals surface area contributed by atoms with Crippen LogP contribution in [-0.4, -0.2) is 18.7 Å². The lowest BCUT2D eigenvalue weighted by Gasteiger charge is -2.08. The summed E-state index contributed by atoms with van der Waals surface area (Å²) in [6, 6.07) is 6.11. The Morgan fingerprint density at radius 1 is 1.33 bits per heavy atom. The van der Waals surface area contributed by atoms with Crippen LogP contribution in [0.1, 0.15) is 5.69 Å². The number of fused-ring (bicyclic) bond motifs is 1. The molecule has 2 N–H and O–H groups in total. The molecule has 0 bridgehead atoms. The minimum atomic E-state index is -2.86. The predicted molar refractivity (Wildman–Crippen MR) is 63.5 cm³/mol. The predicted octanol–water partition coefficient (Wildman–Crippen LogP) is 2.56. The van der Waals surface area contributed by atoms with Gasteiger partial charge in [0, 0.05) is 18.2 Å². The van der Waals surface area contributed by atoms with Crippen molar-refractivity contribution in [3.8, 4) is 5.75 Å². The number of pyridine rings is 1. The van der Waals surface area contributed by atoms with Crippen LogP contribution in [0.4, 0.5) is 14.5 Å². The molecule has 0 radical (unpaired) electrons. The first-order chi connectivity index (χ1) is 8.60. The number of hydrogen-bond acceptors (Lipinski definition) is 4. The molecular weight excluding hydrogens is 242 g/mol. The van der Waals surface area contributed by atoms with Gasteiger partial charge in [-0.2, -0.15) is 8.78 Å². The molecule has 0 aliphatic rings. The van der Waals surface area contributed by atoms with Gasteiger partial charge in [0.1, 0.15) is 5.75 Å². The number of nitrogen functional groups attached to an aromatic ring is 1. The lowest BCUT2D eigenvalue weighted by atomic mass is 10.1. The number of nitrogens with zero attached hydrogens (tertiary/aromatic N) is 1. The van der Waals surface area contributed by atoms with E-state index in [2.05, 4.69) is 9.72 Å². The maximum Gasteiger partial charge on any atom is 0.387 e. The molecule has 0 aliphatic carbocycles. The minimum Gasteiger partial charge on any atom is -0.435 e. The normalized spacial score (nSPS) is 11.1. The van der Waals surface area contributed by atoms with E-state index in [1.165, 1.54) is 12.1 Å². The lowest BCUT2D eigenvalue weighted by Crippen LogP contribution is -2.02. The summed E-state index contributed by atoms with van der Waals surface area (Å²) in [6.45, 7) is -2.51. The maximum absolute atomic E-state index is 12.1. The minimum absolute atomic E-state index is 0.0606. The summed E-state index contributed by atoms with van der Waals surface area (Å²) < 4.78 is 33.5. The van der Waals surface area contributed by atoms with Gasteiger partial charge in [-0.15, -0.1) is 0 Å². The van der Waals surface area contributed by atoms with Crippen LogP contribution < -0.4 is 10.5 Å². The monoisotopic (exact) mass is 254 g/mol. The van der Waals surface area contributed by atoms with Crippen molar-refractivity contribution in [2.45, 2.75) is 13.2 Å². The summed E-state index contributed by atoms with van der Waals surface area (Å²) in [5.74, 6) is 0.0606. The van der Waals surface area contributed by atoms with Crippen molar-refractivity contribution >= 4 is 16.6 Å². The third-order valence-electron chi connectivity index (χ3n) is 2.38. The molecular formula is C12H12F2N2O2. The van der Waals surface area contributed by atoms with Gasteiger partial charge >= 0.3 is 6.61 Å². The van der Waals surface area contributed by atoms with E-state index < -0.39 is 6.61 Å². The molecule has 0 saturated carbocycles. The highest BCUT2D eigenvalue weighted by Crippen LogP contribution is 2.26. The van der Waals surface area contributed by atoms with Gasteiger partial charge in [0.2, 0.25) is 0 Å². The van der Waals surface area contributed by atoms with Gasteiger partial charge in [-0.3, -0.25) is 4.98 Å². The standard InChI is InChI=1S/C12H12F2N2O2/c1-17-6-7-4-10(15)9-5-8(18-12(13)14)2-3-11(9)16-7/h2-5,12H,6H2,1H3,(H2,15,16). The number of benzene rings is 1. The van der Waals surface area contributed by atoms with Gasteiger partial charge in [-0.05, 0) is 24.3 Å². The first-order valence-corrected chi connectivity index (χ1v) is 5.23. The van der Waals surface area contributed by atoms with E-state index in [1.54, 1.807) is 19.2 Å². The highest BCUT2D eigenvalue weighted by Gasteiger charge is 2.08. The fourth-order valence-corrected chi connectivity index (χ4v) is 1.69. The van der Waals surface area contributed by atoms with Crippen molar-refractivity contribution in [3.05, 3.63) is 30.0 Å². The summed E-state index contributed by atoms with van der Waals surface area (Å²) in [4.78, 5) is 4.30. The number of halogens is 2. The van der Waals surface area contributed by atoms with Crippen LogP contribution in [0, 0.1) is 0 Å². The Kier molecular flexibility index (Phi) is 3.57. The zero-order valence-electron chi connectivity index (χ0n) is 9.69. The van der Waals surface area contributed by atoms with Crippen molar-refractivity contribution in [2.24, 2.45) is 0 Å². The van der Waals surface area contributed by atoms with Gasteiger partial charge in [0.05, 0.1) is 17.8 Å². The number of ether oxygens (including phenoxy) is 2. The molecule has 18 heavy (non-hydrogen) atoms. The summed E-state index contributed by atoms with van der Waals surface area (Å²) in [7, 11) is 1.56. The third kappa shape index (κ3) is 2.65. The Morgan fingerprint density at radius 2 is 2.11 bits per heavy atom. The molecule has 4 nitrogen and oxygen atoms in total. The Morgan fingerprint density at radius 3 is 2.78 bits per heavy atom. The molecule has 0 spiro atoms. The molecule has 1 aromatic carbocycles. The van der Waals surface area contributed by atoms with Crippen LogP contribution in [-0.2, 0) is 11.3 Å². The van der Waals surface area contributed by atoms with Gasteiger partial charge < -0.3 is 15.2 Å². The molecule has 1 aromatic heterocycles. The van der Waals surface area contributed by atoms with Gasteiger partial charge in [0.15, 0.2) is 0 Å². The van der Waals surface area contributed by atoms with Gasteiger partial charge in [-0.1, -0.05) is 0 Å². The summed E-state index contributed by atoms with van der Waals surface area (Å²) in [6.07, 6.45) is 0. The molecule has 1 heterocycles. The number of anilines is 1. The number of hydrogen-bond donors (Lipinski definition) is 1. The zero-order valence-corrected chi connectivity index (χ0v) is 9.69. The highest BCUT2D eigenvalue weighted by atomic mass is 19.3. The van der Waals surface area contributed by atoms with Crippen LogP contribution >= 0.6 is 0 Å². The summed E-state index contributed by atoms with van der Waals surface area (Å²) >= 11 is 0. The highest BCUT2D eigenvalue weighted by molar-refractivity contribution is 5.91. The average molecular weight is 254 g/mol. The molecule has 6 heteroatoms. The second kappa shape index (κ2) is 5.14. The number of nitrogens with two attached hydrogens (primary N) is 1. The first-order valence-electron chi connectivity index (χ1n) is 5.23. The fraction of sp³-hybridized carbons (Fsp3) is 0.250. The first kappa shape index (κ1) is 12.5. The second-order valence-corrected chi connectivity index (χ2v) is 3.69. The molecule has 96 valence electrons. The quantitative estimate of drug-likeness (QED) is 0.911. The van der Waals surface area contributed by atoms with E-state index in [0.29, 0.717) is 28.9 Å². The van der Waals surface area contributed by atoms with Crippen LogP contribution in [0.3, 0.4) is 0 Å². The van der Waals surface area contributed by atoms with Crippen LogP contribution in [0.15, 0.2) is 24.3 Å². The Balaban J connectivity index is 2.44. The van der Waals surface area contributed by atoms with E-state index in [9.17, 15) is 8.78 Å². The van der Waals surface area contributed by atoms with E-state index >= 15 is 0 Å². The summed E-state index contributed by atoms with van der Waals surface area (Å²) in [5.41, 5.74) is 7.60. The molecule has 0 aliphatic heterocycles. The average Bonchev–Trinajstić information content (AvgIpc) is 2.30. The Labute approximate surface area is 102 Å². The zero-order chi connectivity index (χ0) is 13.1. The SMILES string of the molecule is COCc1cc(N)c2cc(OC(F)F)ccc2n1. The van der Waals surface area contributed by atoms with E-state index in [4.69, 9.17) is 10.5 Å². The summed E-state index contributed by atoms with van der Waals surface area (Å²) in [5, 5.41) is 0.577. The van der Waals surface area contributed by atoms with Crippen LogP contribution in [0.2, 0.25) is 0 Å². The van der Waals surface area contributed by atoms with Gasteiger partial charge in [0.25, 0.3) is 0 Å². The van der Waals surface area contributed by atoms with Crippen molar-refractivity contribution in [2.75, 3.05) is 12.8 Å². The third-order valence-corrected chi connectivity index (χ3v) is 2.38. The molecule has 2 rings (SSSR count). The Bertz CT molecular complexity index is 561.